The van der Waals surface area contributed by atoms with Gasteiger partial charge in [0.25, 0.3) is 0 Å². The maximum atomic E-state index is 4.59. The summed E-state index contributed by atoms with van der Waals surface area (Å²) in [5, 5.41) is 17.8. The van der Waals surface area contributed by atoms with E-state index in [1.54, 1.807) is 6.21 Å². The second kappa shape index (κ2) is 13.3. The number of hydrogen-bond donors (Lipinski definition) is 0. The summed E-state index contributed by atoms with van der Waals surface area (Å²) in [6.07, 6.45) is 8.02. The molecule has 6 rings (SSSR count). The molecule has 7 nitrogen and oxygen atoms in total. The van der Waals surface area contributed by atoms with Crippen molar-refractivity contribution in [1.82, 2.24) is 4.57 Å². The molecule has 0 bridgehead atoms. The first-order valence-electron chi connectivity index (χ1n) is 13.9. The average molecular weight is 619 g/mol. The predicted octanol–water partition coefficient (Wildman–Crippen LogP) is 4.11. The minimum atomic E-state index is 0. The first kappa shape index (κ1) is 28.8. The molecule has 5 aromatic rings. The lowest BCUT2D eigenvalue weighted by molar-refractivity contribution is -0.693. The number of hydrogen-bond acceptors (Lipinski definition) is 5. The van der Waals surface area contributed by atoms with E-state index in [0.717, 1.165) is 53.4 Å². The quantitative estimate of drug-likeness (QED) is 0.104. The van der Waals surface area contributed by atoms with Crippen molar-refractivity contribution in [3.05, 3.63) is 132 Å². The number of fused-ring (bicyclic) bond motifs is 3. The van der Waals surface area contributed by atoms with Crippen LogP contribution in [0, 0.1) is 0 Å². The first-order chi connectivity index (χ1) is 20.2. The van der Waals surface area contributed by atoms with Crippen molar-refractivity contribution in [1.29, 1.82) is 0 Å². The van der Waals surface area contributed by atoms with Gasteiger partial charge in [0.2, 0.25) is 6.33 Å². The summed E-state index contributed by atoms with van der Waals surface area (Å²) in [6, 6.07) is 32.7. The van der Waals surface area contributed by atoms with E-state index >= 15 is 0 Å². The molecule has 0 atom stereocenters. The van der Waals surface area contributed by atoms with Crippen molar-refractivity contribution in [3.8, 4) is 11.1 Å². The Balaban J connectivity index is 0.00000353. The molecule has 0 aliphatic heterocycles. The Hall–Kier alpha value is -4.69. The fraction of sp³-hybridized carbons (Fsp3) is 0.147. The van der Waals surface area contributed by atoms with E-state index < -0.39 is 0 Å². The van der Waals surface area contributed by atoms with Crippen molar-refractivity contribution in [2.75, 3.05) is 18.0 Å². The topological polar surface area (TPSA) is 61.5 Å². The van der Waals surface area contributed by atoms with E-state index in [1.165, 1.54) is 16.8 Å². The van der Waals surface area contributed by atoms with Crippen LogP contribution in [0.2, 0.25) is 0 Å². The van der Waals surface area contributed by atoms with Crippen LogP contribution in [-0.4, -0.2) is 29.6 Å². The zero-order valence-corrected chi connectivity index (χ0v) is 25.3. The van der Waals surface area contributed by atoms with E-state index in [0.29, 0.717) is 0 Å². The number of anilines is 1. The van der Waals surface area contributed by atoms with Crippen molar-refractivity contribution in [2.45, 2.75) is 13.5 Å². The van der Waals surface area contributed by atoms with Crippen molar-refractivity contribution < 1.29 is 21.5 Å². The largest absolute Gasteiger partial charge is 1.00 e. The average Bonchev–Trinajstić information content (AvgIpc) is 3.58. The number of halogens is 1. The second-order valence-electron chi connectivity index (χ2n) is 9.99. The highest BCUT2D eigenvalue weighted by atomic mass is 79.9. The number of likely N-dealkylation sites (N-methyl/N-ethyl adjacent to an activating group) is 1. The Morgan fingerprint density at radius 3 is 1.88 bits per heavy atom. The molecular formula is C34H32BrN7. The van der Waals surface area contributed by atoms with Gasteiger partial charge in [0.05, 0.1) is 31.2 Å². The van der Waals surface area contributed by atoms with Gasteiger partial charge in [-0.05, 0) is 60.0 Å². The smallest absolute Gasteiger partial charge is 0.243 e. The fourth-order valence-electron chi connectivity index (χ4n) is 5.07. The monoisotopic (exact) mass is 617 g/mol. The van der Waals surface area contributed by atoms with Crippen LogP contribution in [0.4, 0.5) is 17.1 Å². The van der Waals surface area contributed by atoms with Gasteiger partial charge in [0.1, 0.15) is 24.7 Å². The zero-order valence-electron chi connectivity index (χ0n) is 23.7. The normalized spacial score (nSPS) is 11.9. The van der Waals surface area contributed by atoms with Gasteiger partial charge in [-0.15, -0.1) is 5.10 Å². The van der Waals surface area contributed by atoms with Crippen LogP contribution >= 0.6 is 0 Å². The maximum Gasteiger partial charge on any atom is 0.243 e. The molecule has 0 spiro atoms. The lowest BCUT2D eigenvalue weighted by Crippen LogP contribution is -3.00. The molecule has 1 aromatic heterocycles. The molecule has 0 saturated carbocycles. The molecule has 0 fully saturated rings. The molecule has 210 valence electrons. The summed E-state index contributed by atoms with van der Waals surface area (Å²) in [7, 11) is 2.04. The molecular weight excluding hydrogens is 586 g/mol. The molecule has 0 radical (unpaired) electrons. The van der Waals surface area contributed by atoms with Crippen LogP contribution in [0.5, 0.6) is 0 Å². The Labute approximate surface area is 257 Å². The highest BCUT2D eigenvalue weighted by Gasteiger charge is 2.23. The SMILES string of the molecule is CCN(CC[n+]1ccn(C)c1)c1ccc(N=Nc2ccc(C=NN=C3c4ccccc4-c4ccccc43)cc2)cc1.[Br-]. The molecule has 0 amide bonds. The van der Waals surface area contributed by atoms with Gasteiger partial charge in [-0.2, -0.15) is 15.3 Å². The Morgan fingerprint density at radius 1 is 0.762 bits per heavy atom. The van der Waals surface area contributed by atoms with E-state index in [2.05, 4.69) is 109 Å². The molecule has 1 aliphatic rings. The molecule has 0 N–H and O–H groups in total. The number of benzene rings is 4. The van der Waals surface area contributed by atoms with Gasteiger partial charge in [0.15, 0.2) is 0 Å². The van der Waals surface area contributed by atoms with Crippen molar-refractivity contribution >= 4 is 29.0 Å². The van der Waals surface area contributed by atoms with E-state index in [4.69, 9.17) is 0 Å². The number of azo groups is 1. The van der Waals surface area contributed by atoms with Crippen molar-refractivity contribution in [2.24, 2.45) is 27.5 Å². The van der Waals surface area contributed by atoms with Crippen LogP contribution < -0.4 is 26.4 Å². The highest BCUT2D eigenvalue weighted by Crippen LogP contribution is 2.36. The zero-order chi connectivity index (χ0) is 28.0. The van der Waals surface area contributed by atoms with Gasteiger partial charge >= 0.3 is 0 Å². The number of nitrogens with zero attached hydrogens (tertiary/aromatic N) is 7. The molecule has 1 aliphatic carbocycles. The Bertz CT molecular complexity index is 1690. The summed E-state index contributed by atoms with van der Waals surface area (Å²) >= 11 is 0. The molecule has 0 unspecified atom stereocenters. The predicted molar refractivity (Wildman–Crippen MR) is 166 cm³/mol. The molecule has 8 heteroatoms. The van der Waals surface area contributed by atoms with Crippen LogP contribution in [0.3, 0.4) is 0 Å². The lowest BCUT2D eigenvalue weighted by Gasteiger charge is -2.22. The summed E-state index contributed by atoms with van der Waals surface area (Å²) in [5.41, 5.74) is 9.27. The molecule has 42 heavy (non-hydrogen) atoms. The van der Waals surface area contributed by atoms with E-state index in [1.807, 2.05) is 55.6 Å². The number of rotatable bonds is 9. The minimum absolute atomic E-state index is 0. The number of aromatic nitrogens is 2. The molecule has 1 heterocycles. The standard InChI is InChI=1S/C34H32N7.BrH/c1-3-41(23-22-40-21-20-39(2)25-40)29-18-16-28(17-19-29)37-36-27-14-12-26(13-15-27)24-35-38-34-32-10-6-4-8-30(32)31-9-5-7-11-33(31)34;/h4-21,24-25H,3,22-23H2,1-2H3;1H/q+1;/p-1. The first-order valence-corrected chi connectivity index (χ1v) is 13.9. The summed E-state index contributed by atoms with van der Waals surface area (Å²) in [4.78, 5) is 2.36. The summed E-state index contributed by atoms with van der Waals surface area (Å²) < 4.78 is 4.26. The van der Waals surface area contributed by atoms with E-state index in [-0.39, 0.29) is 17.0 Å². The van der Waals surface area contributed by atoms with Gasteiger partial charge in [-0.3, -0.25) is 0 Å². The number of aryl methyl sites for hydroxylation is 1. The highest BCUT2D eigenvalue weighted by molar-refractivity contribution is 6.24. The van der Waals surface area contributed by atoms with Crippen LogP contribution in [0.1, 0.15) is 23.6 Å². The molecule has 0 saturated heterocycles. The van der Waals surface area contributed by atoms with Gasteiger partial charge < -0.3 is 21.9 Å². The third-order valence-corrected chi connectivity index (χ3v) is 7.24. The third-order valence-electron chi connectivity index (χ3n) is 7.24. The lowest BCUT2D eigenvalue weighted by atomic mass is 10.1. The van der Waals surface area contributed by atoms with Crippen LogP contribution in [0.25, 0.3) is 11.1 Å². The van der Waals surface area contributed by atoms with Crippen molar-refractivity contribution in [3.63, 3.8) is 0 Å². The van der Waals surface area contributed by atoms with Crippen LogP contribution in [-0.2, 0) is 13.6 Å². The maximum absolute atomic E-state index is 4.59. The second-order valence-corrected chi connectivity index (χ2v) is 9.99. The minimum Gasteiger partial charge on any atom is -1.00 e. The summed E-state index contributed by atoms with van der Waals surface area (Å²) in [5.74, 6) is 0. The van der Waals surface area contributed by atoms with Crippen LogP contribution in [0.15, 0.2) is 136 Å². The van der Waals surface area contributed by atoms with E-state index in [9.17, 15) is 0 Å². The summed E-state index contributed by atoms with van der Waals surface area (Å²) in [6.45, 7) is 5.00. The Morgan fingerprint density at radius 2 is 1.33 bits per heavy atom. The Kier molecular flexibility index (Phi) is 9.14. The third kappa shape index (κ3) is 6.44. The number of imidazole rings is 1. The van der Waals surface area contributed by atoms with Gasteiger partial charge in [0, 0.05) is 23.4 Å². The molecule has 4 aromatic carbocycles. The fourth-order valence-corrected chi connectivity index (χ4v) is 5.07. The van der Waals surface area contributed by atoms with Gasteiger partial charge in [-0.1, -0.05) is 60.7 Å². The van der Waals surface area contributed by atoms with Gasteiger partial charge in [-0.25, -0.2) is 9.13 Å².